The molecule has 77 heavy (non-hydrogen) atoms. The Balaban J connectivity index is 4.34. The molecule has 0 aliphatic carbocycles. The van der Waals surface area contributed by atoms with Crippen molar-refractivity contribution in [2.45, 2.75) is 297 Å². The number of ether oxygens (including phenoxy) is 3. The van der Waals surface area contributed by atoms with Crippen molar-refractivity contribution in [3.8, 4) is 0 Å². The Kier molecular flexibility index (Phi) is 60.8. The third-order valence-corrected chi connectivity index (χ3v) is 13.5. The van der Waals surface area contributed by atoms with E-state index in [1.165, 1.54) is 116 Å². The van der Waals surface area contributed by atoms with Gasteiger partial charge in [-0.1, -0.05) is 284 Å². The number of esters is 3. The minimum absolute atomic E-state index is 0.0844. The summed E-state index contributed by atoms with van der Waals surface area (Å²) in [4.78, 5) is 38.3. The van der Waals surface area contributed by atoms with Crippen LogP contribution in [0, 0.1) is 0 Å². The van der Waals surface area contributed by atoms with Crippen molar-refractivity contribution in [1.29, 1.82) is 0 Å². The number of hydrogen-bond donors (Lipinski definition) is 0. The van der Waals surface area contributed by atoms with E-state index in [-0.39, 0.29) is 31.1 Å². The maximum atomic E-state index is 12.9. The topological polar surface area (TPSA) is 78.9 Å². The standard InChI is InChI=1S/C71H118O6/c1-4-7-10-13-16-19-22-24-26-28-30-32-34-35-37-38-40-42-44-46-49-52-55-58-61-64-70(73)76-67-68(66-75-69(72)63-60-57-54-51-48-21-18-15-12-9-6-3)77-71(74)65-62-59-56-53-50-47-45-43-41-39-36-33-31-29-27-25-23-20-17-14-11-8-5-2/h7-8,10-11,16-17,19-20,24-27,30-33,35,37,40,42,68H,4-6,9,12-15,18,21-23,28-29,34,36,38-39,41,43-67H2,1-3H3/b10-7-,11-8-,19-16-,20-17-,26-24-,27-25-,32-30-,33-31-,37-35-,42-40-. The van der Waals surface area contributed by atoms with Crippen molar-refractivity contribution in [2.24, 2.45) is 0 Å². The summed E-state index contributed by atoms with van der Waals surface area (Å²) in [5, 5.41) is 0. The Morgan fingerprint density at radius 2 is 0.506 bits per heavy atom. The fraction of sp³-hybridized carbons (Fsp3) is 0.676. The van der Waals surface area contributed by atoms with Gasteiger partial charge >= 0.3 is 17.9 Å². The first-order valence-corrected chi connectivity index (χ1v) is 32.0. The zero-order valence-electron chi connectivity index (χ0n) is 50.2. The molecule has 1 atom stereocenters. The summed E-state index contributed by atoms with van der Waals surface area (Å²) in [6.45, 7) is 6.41. The first-order valence-electron chi connectivity index (χ1n) is 32.0. The summed E-state index contributed by atoms with van der Waals surface area (Å²) in [6.07, 6.45) is 89.1. The van der Waals surface area contributed by atoms with E-state index < -0.39 is 6.10 Å². The van der Waals surface area contributed by atoms with Crippen molar-refractivity contribution in [3.63, 3.8) is 0 Å². The van der Waals surface area contributed by atoms with Gasteiger partial charge in [0.15, 0.2) is 6.10 Å². The quantitative estimate of drug-likeness (QED) is 0.0261. The molecule has 0 N–H and O–H groups in total. The monoisotopic (exact) mass is 1070 g/mol. The van der Waals surface area contributed by atoms with Crippen LogP contribution in [0.3, 0.4) is 0 Å². The van der Waals surface area contributed by atoms with Gasteiger partial charge in [0.05, 0.1) is 0 Å². The van der Waals surface area contributed by atoms with E-state index in [1.807, 2.05) is 0 Å². The highest BCUT2D eigenvalue weighted by Crippen LogP contribution is 2.16. The van der Waals surface area contributed by atoms with Crippen molar-refractivity contribution in [2.75, 3.05) is 13.2 Å². The Labute approximate surface area is 475 Å². The average molecular weight is 1070 g/mol. The van der Waals surface area contributed by atoms with E-state index in [1.54, 1.807) is 0 Å². The SMILES string of the molecule is CC/C=C\C/C=C\C/C=C\C/C=C\C/C=C\C/C=C\CCCCCCCCC(=O)OCC(COC(=O)CCCCCCCCCCCCC)OC(=O)CCCCCCCCCCCC/C=C\C/C=C\C/C=C\C/C=C\CC. The fourth-order valence-electron chi connectivity index (χ4n) is 8.73. The summed E-state index contributed by atoms with van der Waals surface area (Å²) in [5.41, 5.74) is 0. The molecule has 0 saturated carbocycles. The second-order valence-corrected chi connectivity index (χ2v) is 20.9. The molecule has 0 radical (unpaired) electrons. The first kappa shape index (κ1) is 72.8. The van der Waals surface area contributed by atoms with E-state index in [0.717, 1.165) is 135 Å². The molecular weight excluding hydrogens is 949 g/mol. The highest BCUT2D eigenvalue weighted by molar-refractivity contribution is 5.71. The normalized spacial score (nSPS) is 12.9. The van der Waals surface area contributed by atoms with Crippen molar-refractivity contribution in [1.82, 2.24) is 0 Å². The van der Waals surface area contributed by atoms with Gasteiger partial charge in [0.2, 0.25) is 0 Å². The van der Waals surface area contributed by atoms with Gasteiger partial charge in [0.25, 0.3) is 0 Å². The molecule has 6 heteroatoms. The maximum absolute atomic E-state index is 12.9. The van der Waals surface area contributed by atoms with Crippen LogP contribution in [0.4, 0.5) is 0 Å². The zero-order chi connectivity index (χ0) is 55.7. The van der Waals surface area contributed by atoms with Crippen LogP contribution in [0.1, 0.15) is 290 Å². The number of carbonyl (C=O) groups is 3. The van der Waals surface area contributed by atoms with Gasteiger partial charge in [-0.25, -0.2) is 0 Å². The number of rotatable bonds is 57. The van der Waals surface area contributed by atoms with Gasteiger partial charge in [-0.15, -0.1) is 0 Å². The van der Waals surface area contributed by atoms with E-state index in [2.05, 4.69) is 142 Å². The highest BCUT2D eigenvalue weighted by Gasteiger charge is 2.19. The van der Waals surface area contributed by atoms with Crippen molar-refractivity contribution >= 4 is 17.9 Å². The van der Waals surface area contributed by atoms with Gasteiger partial charge in [0, 0.05) is 19.3 Å². The molecule has 0 spiro atoms. The highest BCUT2D eigenvalue weighted by atomic mass is 16.6. The first-order chi connectivity index (χ1) is 38.0. The third kappa shape index (κ3) is 62.5. The van der Waals surface area contributed by atoms with Crippen molar-refractivity contribution in [3.05, 3.63) is 122 Å². The molecule has 0 aromatic heterocycles. The molecule has 0 aromatic carbocycles. The molecule has 0 aliphatic rings. The molecule has 438 valence electrons. The Hall–Kier alpha value is -4.19. The van der Waals surface area contributed by atoms with Gasteiger partial charge in [-0.05, 0) is 109 Å². The second kappa shape index (κ2) is 64.3. The summed E-state index contributed by atoms with van der Waals surface area (Å²) >= 11 is 0. The predicted octanol–water partition coefficient (Wildman–Crippen LogP) is 22.0. The minimum Gasteiger partial charge on any atom is -0.462 e. The van der Waals surface area contributed by atoms with Gasteiger partial charge in [0.1, 0.15) is 13.2 Å². The summed E-state index contributed by atoms with van der Waals surface area (Å²) < 4.78 is 16.9. The lowest BCUT2D eigenvalue weighted by molar-refractivity contribution is -0.167. The molecule has 0 amide bonds. The molecule has 0 aliphatic heterocycles. The predicted molar refractivity (Wildman–Crippen MR) is 334 cm³/mol. The minimum atomic E-state index is -0.789. The van der Waals surface area contributed by atoms with Gasteiger partial charge in [-0.3, -0.25) is 14.4 Å². The van der Waals surface area contributed by atoms with Crippen LogP contribution in [0.15, 0.2) is 122 Å². The zero-order valence-corrected chi connectivity index (χ0v) is 50.2. The summed E-state index contributed by atoms with van der Waals surface area (Å²) in [5.74, 6) is -0.899. The average Bonchev–Trinajstić information content (AvgIpc) is 3.43. The summed E-state index contributed by atoms with van der Waals surface area (Å²) in [6, 6.07) is 0. The maximum Gasteiger partial charge on any atom is 0.306 e. The lowest BCUT2D eigenvalue weighted by Gasteiger charge is -2.18. The second-order valence-electron chi connectivity index (χ2n) is 20.9. The van der Waals surface area contributed by atoms with Crippen LogP contribution >= 0.6 is 0 Å². The molecular formula is C71H118O6. The van der Waals surface area contributed by atoms with E-state index in [0.29, 0.717) is 19.3 Å². The Bertz CT molecular complexity index is 1600. The van der Waals surface area contributed by atoms with E-state index >= 15 is 0 Å². The van der Waals surface area contributed by atoms with E-state index in [9.17, 15) is 14.4 Å². The lowest BCUT2D eigenvalue weighted by Crippen LogP contribution is -2.30. The molecule has 0 bridgehead atoms. The lowest BCUT2D eigenvalue weighted by atomic mass is 10.0. The van der Waals surface area contributed by atoms with Crippen LogP contribution in [-0.4, -0.2) is 37.2 Å². The third-order valence-electron chi connectivity index (χ3n) is 13.5. The Morgan fingerprint density at radius 1 is 0.273 bits per heavy atom. The summed E-state index contributed by atoms with van der Waals surface area (Å²) in [7, 11) is 0. The van der Waals surface area contributed by atoms with Crippen LogP contribution in [0.2, 0.25) is 0 Å². The van der Waals surface area contributed by atoms with Crippen LogP contribution < -0.4 is 0 Å². The smallest absolute Gasteiger partial charge is 0.306 e. The number of carbonyl (C=O) groups excluding carboxylic acids is 3. The molecule has 6 nitrogen and oxygen atoms in total. The number of allylic oxidation sites excluding steroid dienone is 20. The number of unbranched alkanes of at least 4 members (excludes halogenated alkanes) is 26. The van der Waals surface area contributed by atoms with Gasteiger partial charge < -0.3 is 14.2 Å². The molecule has 0 aromatic rings. The Morgan fingerprint density at radius 3 is 0.792 bits per heavy atom. The molecule has 0 rings (SSSR count). The molecule has 1 unspecified atom stereocenters. The molecule has 0 saturated heterocycles. The van der Waals surface area contributed by atoms with Gasteiger partial charge in [-0.2, -0.15) is 0 Å². The molecule has 0 heterocycles. The largest absolute Gasteiger partial charge is 0.462 e. The number of hydrogen-bond acceptors (Lipinski definition) is 6. The van der Waals surface area contributed by atoms with E-state index in [4.69, 9.17) is 14.2 Å². The van der Waals surface area contributed by atoms with Crippen molar-refractivity contribution < 1.29 is 28.6 Å². The molecule has 0 fully saturated rings. The van der Waals surface area contributed by atoms with Crippen LogP contribution in [0.25, 0.3) is 0 Å². The van der Waals surface area contributed by atoms with Crippen LogP contribution in [0.5, 0.6) is 0 Å². The fourth-order valence-corrected chi connectivity index (χ4v) is 8.73. The van der Waals surface area contributed by atoms with Crippen LogP contribution in [-0.2, 0) is 28.6 Å².